The van der Waals surface area contributed by atoms with Gasteiger partial charge in [0.2, 0.25) is 5.91 Å². The van der Waals surface area contributed by atoms with Crippen LogP contribution in [0.4, 0.5) is 0 Å². The zero-order chi connectivity index (χ0) is 18.9. The van der Waals surface area contributed by atoms with Gasteiger partial charge in [-0.05, 0) is 31.7 Å². The highest BCUT2D eigenvalue weighted by Crippen LogP contribution is 2.17. The Bertz CT molecular complexity index is 620. The topological polar surface area (TPSA) is 57.2 Å². The molecule has 2 aliphatic rings. The largest absolute Gasteiger partial charge is 0.376 e. The number of likely N-dealkylation sites (tertiary alicyclic amines) is 2. The Balaban J connectivity index is 0.00000280. The number of guanidine groups is 1. The average molecular weight is 500 g/mol. The first-order valence-electron chi connectivity index (χ1n) is 10.2. The third kappa shape index (κ3) is 6.92. The summed E-state index contributed by atoms with van der Waals surface area (Å²) >= 11 is 0. The van der Waals surface area contributed by atoms with Crippen molar-refractivity contribution in [2.45, 2.75) is 32.8 Å². The van der Waals surface area contributed by atoms with Crippen LogP contribution in [0.3, 0.4) is 0 Å². The molecule has 28 heavy (non-hydrogen) atoms. The number of amides is 1. The van der Waals surface area contributed by atoms with Crippen LogP contribution in [0.15, 0.2) is 35.3 Å². The lowest BCUT2D eigenvalue weighted by Crippen LogP contribution is -2.41. The molecule has 1 amide bonds. The van der Waals surface area contributed by atoms with Crippen LogP contribution in [-0.2, 0) is 16.1 Å². The predicted octanol–water partition coefficient (Wildman–Crippen LogP) is 2.73. The lowest BCUT2D eigenvalue weighted by molar-refractivity contribution is -0.128. The Labute approximate surface area is 185 Å². The van der Waals surface area contributed by atoms with E-state index in [2.05, 4.69) is 34.3 Å². The van der Waals surface area contributed by atoms with Gasteiger partial charge in [-0.25, -0.2) is 4.99 Å². The Morgan fingerprint density at radius 1 is 1.18 bits per heavy atom. The summed E-state index contributed by atoms with van der Waals surface area (Å²) in [5, 5.41) is 3.34. The number of nitrogens with zero attached hydrogens (tertiary/aromatic N) is 3. The maximum absolute atomic E-state index is 12.3. The summed E-state index contributed by atoms with van der Waals surface area (Å²) in [6, 6.07) is 10.3. The fourth-order valence-corrected chi connectivity index (χ4v) is 3.71. The van der Waals surface area contributed by atoms with Gasteiger partial charge in [-0.3, -0.25) is 4.79 Å². The number of hydrogen-bond acceptors (Lipinski definition) is 3. The Morgan fingerprint density at radius 2 is 1.93 bits per heavy atom. The summed E-state index contributed by atoms with van der Waals surface area (Å²) in [5.41, 5.74) is 1.21. The van der Waals surface area contributed by atoms with Gasteiger partial charge in [0.1, 0.15) is 6.54 Å². The lowest BCUT2D eigenvalue weighted by atomic mass is 10.1. The second kappa shape index (κ2) is 12.3. The highest BCUT2D eigenvalue weighted by Gasteiger charge is 2.25. The highest BCUT2D eigenvalue weighted by atomic mass is 127. The molecule has 0 aromatic heterocycles. The molecule has 6 nitrogen and oxygen atoms in total. The van der Waals surface area contributed by atoms with E-state index in [1.807, 2.05) is 23.1 Å². The highest BCUT2D eigenvalue weighted by molar-refractivity contribution is 14.0. The van der Waals surface area contributed by atoms with Crippen molar-refractivity contribution in [2.24, 2.45) is 10.9 Å². The van der Waals surface area contributed by atoms with Crippen LogP contribution >= 0.6 is 24.0 Å². The molecule has 156 valence electrons. The molecule has 2 fully saturated rings. The van der Waals surface area contributed by atoms with Crippen LogP contribution in [0.2, 0.25) is 0 Å². The van der Waals surface area contributed by atoms with Gasteiger partial charge in [0, 0.05) is 38.6 Å². The van der Waals surface area contributed by atoms with Crippen LogP contribution in [0.5, 0.6) is 0 Å². The zero-order valence-electron chi connectivity index (χ0n) is 16.8. The number of carbonyl (C=O) groups is 1. The van der Waals surface area contributed by atoms with Crippen LogP contribution < -0.4 is 5.32 Å². The molecule has 1 aromatic carbocycles. The molecule has 0 spiro atoms. The molecular weight excluding hydrogens is 467 g/mol. The summed E-state index contributed by atoms with van der Waals surface area (Å²) in [5.74, 6) is 1.51. The van der Waals surface area contributed by atoms with E-state index in [9.17, 15) is 4.79 Å². The molecule has 7 heteroatoms. The number of rotatable bonds is 7. The molecule has 0 saturated carbocycles. The number of hydrogen-bond donors (Lipinski definition) is 1. The Morgan fingerprint density at radius 3 is 2.64 bits per heavy atom. The fourth-order valence-electron chi connectivity index (χ4n) is 3.71. The maximum Gasteiger partial charge on any atom is 0.244 e. The standard InChI is InChI=1S/C21H32N4O2.HI/c1-2-22-21(23-14-20(26)24-11-6-7-12-24)25-13-10-19(15-25)17-27-16-18-8-4-3-5-9-18;/h3-5,8-9,19H,2,6-7,10-17H2,1H3,(H,22,23);1H. The fraction of sp³-hybridized carbons (Fsp3) is 0.619. The number of benzene rings is 1. The van der Waals surface area contributed by atoms with E-state index in [0.717, 1.165) is 64.6 Å². The molecule has 0 aliphatic carbocycles. The van der Waals surface area contributed by atoms with Crippen molar-refractivity contribution in [3.63, 3.8) is 0 Å². The molecule has 2 heterocycles. The quantitative estimate of drug-likeness (QED) is 0.356. The molecule has 1 atom stereocenters. The molecule has 1 unspecified atom stereocenters. The van der Waals surface area contributed by atoms with Crippen molar-refractivity contribution < 1.29 is 9.53 Å². The third-order valence-corrected chi connectivity index (χ3v) is 5.21. The molecule has 1 aromatic rings. The number of halogens is 1. The number of aliphatic imine (C=N–C) groups is 1. The van der Waals surface area contributed by atoms with E-state index < -0.39 is 0 Å². The van der Waals surface area contributed by atoms with Gasteiger partial charge < -0.3 is 19.9 Å². The van der Waals surface area contributed by atoms with Gasteiger partial charge in [0.25, 0.3) is 0 Å². The van der Waals surface area contributed by atoms with E-state index in [1.54, 1.807) is 0 Å². The molecule has 2 aliphatic heterocycles. The molecule has 0 bridgehead atoms. The van der Waals surface area contributed by atoms with E-state index >= 15 is 0 Å². The minimum absolute atomic E-state index is 0. The first kappa shape index (κ1) is 22.9. The molecular formula is C21H33IN4O2. The minimum atomic E-state index is 0. The van der Waals surface area contributed by atoms with Gasteiger partial charge in [-0.2, -0.15) is 0 Å². The van der Waals surface area contributed by atoms with E-state index in [1.165, 1.54) is 5.56 Å². The van der Waals surface area contributed by atoms with Crippen molar-refractivity contribution in [3.8, 4) is 0 Å². The molecule has 1 N–H and O–H groups in total. The monoisotopic (exact) mass is 500 g/mol. The zero-order valence-corrected chi connectivity index (χ0v) is 19.1. The summed E-state index contributed by atoms with van der Waals surface area (Å²) in [7, 11) is 0. The van der Waals surface area contributed by atoms with Crippen LogP contribution in [0.1, 0.15) is 31.7 Å². The van der Waals surface area contributed by atoms with Crippen molar-refractivity contribution in [1.29, 1.82) is 0 Å². The second-order valence-electron chi connectivity index (χ2n) is 7.36. The second-order valence-corrected chi connectivity index (χ2v) is 7.36. The molecule has 2 saturated heterocycles. The van der Waals surface area contributed by atoms with E-state index in [0.29, 0.717) is 12.5 Å². The average Bonchev–Trinajstić information content (AvgIpc) is 3.38. The first-order chi connectivity index (χ1) is 13.3. The van der Waals surface area contributed by atoms with Crippen LogP contribution in [0.25, 0.3) is 0 Å². The van der Waals surface area contributed by atoms with Crippen molar-refractivity contribution in [1.82, 2.24) is 15.1 Å². The number of nitrogens with one attached hydrogen (secondary N) is 1. The van der Waals surface area contributed by atoms with Gasteiger partial charge in [-0.15, -0.1) is 24.0 Å². The Kier molecular flexibility index (Phi) is 10.0. The van der Waals surface area contributed by atoms with Crippen molar-refractivity contribution >= 4 is 35.8 Å². The van der Waals surface area contributed by atoms with Gasteiger partial charge in [0.15, 0.2) is 5.96 Å². The van der Waals surface area contributed by atoms with Crippen molar-refractivity contribution in [3.05, 3.63) is 35.9 Å². The first-order valence-corrected chi connectivity index (χ1v) is 10.2. The summed E-state index contributed by atoms with van der Waals surface area (Å²) in [4.78, 5) is 21.1. The SMILES string of the molecule is CCNC(=NCC(=O)N1CCCC1)N1CCC(COCc2ccccc2)C1.I. The summed E-state index contributed by atoms with van der Waals surface area (Å²) < 4.78 is 5.91. The molecule has 0 radical (unpaired) electrons. The number of ether oxygens (including phenoxy) is 1. The predicted molar refractivity (Wildman–Crippen MR) is 123 cm³/mol. The third-order valence-electron chi connectivity index (χ3n) is 5.21. The van der Waals surface area contributed by atoms with E-state index in [4.69, 9.17) is 4.74 Å². The lowest BCUT2D eigenvalue weighted by Gasteiger charge is -2.22. The van der Waals surface area contributed by atoms with Crippen LogP contribution in [-0.4, -0.2) is 67.5 Å². The Hall–Kier alpha value is -1.35. The molecule has 3 rings (SSSR count). The van der Waals surface area contributed by atoms with Crippen molar-refractivity contribution in [2.75, 3.05) is 45.9 Å². The van der Waals surface area contributed by atoms with Gasteiger partial charge >= 0.3 is 0 Å². The van der Waals surface area contributed by atoms with Gasteiger partial charge in [-0.1, -0.05) is 30.3 Å². The van der Waals surface area contributed by atoms with E-state index in [-0.39, 0.29) is 36.4 Å². The summed E-state index contributed by atoms with van der Waals surface area (Å²) in [6.45, 7) is 8.20. The normalized spacial score (nSPS) is 19.6. The maximum atomic E-state index is 12.3. The number of carbonyl (C=O) groups excluding carboxylic acids is 1. The summed E-state index contributed by atoms with van der Waals surface area (Å²) in [6.07, 6.45) is 3.33. The van der Waals surface area contributed by atoms with Gasteiger partial charge in [0.05, 0.1) is 13.2 Å². The minimum Gasteiger partial charge on any atom is -0.376 e. The van der Waals surface area contributed by atoms with Crippen LogP contribution in [0, 0.1) is 5.92 Å². The smallest absolute Gasteiger partial charge is 0.244 e.